The summed E-state index contributed by atoms with van der Waals surface area (Å²) >= 11 is 12.5. The maximum atomic E-state index is 13.2. The fraction of sp³-hybridized carbons (Fsp3) is 0.0870. The number of halogens is 2. The van der Waals surface area contributed by atoms with Crippen LogP contribution in [0, 0.1) is 6.92 Å². The summed E-state index contributed by atoms with van der Waals surface area (Å²) in [4.78, 5) is 14.4. The Morgan fingerprint density at radius 1 is 1.06 bits per heavy atom. The molecule has 1 atom stereocenters. The molecule has 33 heavy (non-hydrogen) atoms. The molecular formula is C23H18Cl2N2O5S. The van der Waals surface area contributed by atoms with Crippen molar-refractivity contribution >= 4 is 49.9 Å². The molecule has 0 saturated heterocycles. The first-order valence-electron chi connectivity index (χ1n) is 9.66. The number of H-pyrrole nitrogens is 1. The largest absolute Gasteiger partial charge is 0.480 e. The normalized spacial score (nSPS) is 12.6. The average Bonchev–Trinajstić information content (AvgIpc) is 3.20. The highest BCUT2D eigenvalue weighted by Crippen LogP contribution is 2.40. The van der Waals surface area contributed by atoms with E-state index >= 15 is 0 Å². The first-order valence-corrected chi connectivity index (χ1v) is 11.9. The number of rotatable bonds is 6. The Labute approximate surface area is 199 Å². The second kappa shape index (κ2) is 8.72. The Kier molecular flexibility index (Phi) is 6.11. The molecule has 7 nitrogen and oxygen atoms in total. The van der Waals surface area contributed by atoms with Crippen LogP contribution in [0.3, 0.4) is 0 Å². The van der Waals surface area contributed by atoms with Crippen molar-refractivity contribution in [3.63, 3.8) is 0 Å². The second-order valence-corrected chi connectivity index (χ2v) is 10.1. The predicted molar refractivity (Wildman–Crippen MR) is 126 cm³/mol. The molecule has 3 aromatic carbocycles. The molecule has 4 aromatic rings. The fourth-order valence-corrected chi connectivity index (χ4v) is 5.32. The van der Waals surface area contributed by atoms with Crippen molar-refractivity contribution in [2.75, 3.05) is 0 Å². The summed E-state index contributed by atoms with van der Waals surface area (Å²) < 4.78 is 32.2. The number of carbonyl (C=O) groups is 1. The molecule has 0 aliphatic rings. The van der Waals surface area contributed by atoms with Crippen molar-refractivity contribution < 1.29 is 23.1 Å². The van der Waals surface area contributed by atoms with Gasteiger partial charge in [-0.05, 0) is 55.0 Å². The van der Waals surface area contributed by atoms with Crippen molar-refractivity contribution in [1.82, 2.24) is 4.98 Å². The smallest absolute Gasteiger partial charge is 0.325 e. The minimum absolute atomic E-state index is 0.0656. The molecule has 1 heterocycles. The fourth-order valence-electron chi connectivity index (χ4n) is 3.32. The van der Waals surface area contributed by atoms with Crippen LogP contribution in [-0.4, -0.2) is 24.5 Å². The quantitative estimate of drug-likeness (QED) is 0.318. The maximum Gasteiger partial charge on any atom is 0.325 e. The monoisotopic (exact) mass is 504 g/mol. The van der Waals surface area contributed by atoms with Gasteiger partial charge < -0.3 is 20.6 Å². The Balaban J connectivity index is 1.73. The van der Waals surface area contributed by atoms with E-state index in [1.807, 2.05) is 6.92 Å². The SMILES string of the molecule is Cc1ccc(S(=O)(=O)c2c[nH]c3ccc(Oc4c(Cl)cc([C@@H](N)C(=O)O)cc4Cl)cc23)cc1. The third-order valence-corrected chi connectivity index (χ3v) is 7.47. The van der Waals surface area contributed by atoms with Crippen molar-refractivity contribution in [2.24, 2.45) is 5.73 Å². The van der Waals surface area contributed by atoms with Gasteiger partial charge in [0.2, 0.25) is 9.84 Å². The topological polar surface area (TPSA) is 122 Å². The molecule has 170 valence electrons. The van der Waals surface area contributed by atoms with Crippen molar-refractivity contribution in [2.45, 2.75) is 22.8 Å². The van der Waals surface area contributed by atoms with Gasteiger partial charge in [-0.15, -0.1) is 0 Å². The molecule has 0 spiro atoms. The zero-order valence-electron chi connectivity index (χ0n) is 17.2. The van der Waals surface area contributed by atoms with E-state index in [0.29, 0.717) is 16.7 Å². The highest BCUT2D eigenvalue weighted by atomic mass is 35.5. The van der Waals surface area contributed by atoms with Gasteiger partial charge in [-0.1, -0.05) is 40.9 Å². The Hall–Kier alpha value is -3.04. The number of carboxylic acids is 1. The number of nitrogens with two attached hydrogens (primary N) is 1. The number of benzene rings is 3. The van der Waals surface area contributed by atoms with E-state index < -0.39 is 21.8 Å². The van der Waals surface area contributed by atoms with Crippen LogP contribution in [0.2, 0.25) is 10.0 Å². The Morgan fingerprint density at radius 3 is 2.30 bits per heavy atom. The van der Waals surface area contributed by atoms with Crippen LogP contribution in [0.5, 0.6) is 11.5 Å². The number of carboxylic acid groups (broad SMARTS) is 1. The van der Waals surface area contributed by atoms with Crippen LogP contribution in [0.15, 0.2) is 70.6 Å². The number of hydrogen-bond acceptors (Lipinski definition) is 5. The molecule has 0 amide bonds. The molecule has 1 aromatic heterocycles. The molecule has 0 aliphatic heterocycles. The summed E-state index contributed by atoms with van der Waals surface area (Å²) in [6, 6.07) is 12.9. The molecular weight excluding hydrogens is 487 g/mol. The summed E-state index contributed by atoms with van der Waals surface area (Å²) in [6.45, 7) is 1.88. The van der Waals surface area contributed by atoms with E-state index in [4.69, 9.17) is 38.8 Å². The van der Waals surface area contributed by atoms with Crippen LogP contribution in [0.1, 0.15) is 17.2 Å². The zero-order valence-corrected chi connectivity index (χ0v) is 19.5. The van der Waals surface area contributed by atoms with Gasteiger partial charge in [0.05, 0.1) is 19.8 Å². The van der Waals surface area contributed by atoms with Crippen molar-refractivity contribution in [1.29, 1.82) is 0 Å². The van der Waals surface area contributed by atoms with Gasteiger partial charge in [-0.25, -0.2) is 8.42 Å². The third kappa shape index (κ3) is 4.43. The first kappa shape index (κ1) is 23.1. The van der Waals surface area contributed by atoms with Gasteiger partial charge >= 0.3 is 5.97 Å². The van der Waals surface area contributed by atoms with Crippen LogP contribution in [0.4, 0.5) is 0 Å². The summed E-state index contributed by atoms with van der Waals surface area (Å²) in [5, 5.41) is 9.66. The van der Waals surface area contributed by atoms with Crippen molar-refractivity contribution in [3.05, 3.63) is 82.0 Å². The molecule has 4 N–H and O–H groups in total. The number of ether oxygens (including phenoxy) is 1. The number of aromatic amines is 1. The zero-order chi connectivity index (χ0) is 23.9. The Morgan fingerprint density at radius 2 is 1.70 bits per heavy atom. The van der Waals surface area contributed by atoms with E-state index in [2.05, 4.69) is 4.98 Å². The molecule has 10 heteroatoms. The van der Waals surface area contributed by atoms with Crippen LogP contribution < -0.4 is 10.5 Å². The first-order chi connectivity index (χ1) is 15.6. The highest BCUT2D eigenvalue weighted by molar-refractivity contribution is 7.91. The van der Waals surface area contributed by atoms with E-state index in [9.17, 15) is 13.2 Å². The van der Waals surface area contributed by atoms with Gasteiger partial charge in [0.1, 0.15) is 11.8 Å². The van der Waals surface area contributed by atoms with Gasteiger partial charge in [-0.3, -0.25) is 4.79 Å². The highest BCUT2D eigenvalue weighted by Gasteiger charge is 2.23. The van der Waals surface area contributed by atoms with Crippen molar-refractivity contribution in [3.8, 4) is 11.5 Å². The number of sulfone groups is 1. The number of hydrogen-bond donors (Lipinski definition) is 3. The number of aliphatic carboxylic acids is 1. The standard InChI is InChI=1S/C23H18Cl2N2O5S/c1-12-2-5-15(6-3-12)33(30,31)20-11-27-19-7-4-14(10-16(19)20)32-22-17(24)8-13(9-18(22)25)21(26)23(28)29/h2-11,21,27H,26H2,1H3,(H,28,29)/t21-/m1/s1. The minimum Gasteiger partial charge on any atom is -0.480 e. The van der Waals surface area contributed by atoms with Crippen LogP contribution >= 0.6 is 23.2 Å². The lowest BCUT2D eigenvalue weighted by molar-refractivity contribution is -0.138. The summed E-state index contributed by atoms with van der Waals surface area (Å²) in [7, 11) is -3.78. The average molecular weight is 505 g/mol. The van der Waals surface area contributed by atoms with Crippen LogP contribution in [0.25, 0.3) is 10.9 Å². The number of nitrogens with one attached hydrogen (secondary N) is 1. The molecule has 0 saturated carbocycles. The number of aromatic nitrogens is 1. The lowest BCUT2D eigenvalue weighted by atomic mass is 10.1. The van der Waals surface area contributed by atoms with Crippen LogP contribution in [-0.2, 0) is 14.6 Å². The third-order valence-electron chi connectivity index (χ3n) is 5.10. The van der Waals surface area contributed by atoms with Gasteiger partial charge in [0.15, 0.2) is 5.75 Å². The molecule has 0 unspecified atom stereocenters. The summed E-state index contributed by atoms with van der Waals surface area (Å²) in [5.74, 6) is -0.838. The van der Waals surface area contributed by atoms with Gasteiger partial charge in [0, 0.05) is 17.1 Å². The molecule has 0 bridgehead atoms. The maximum absolute atomic E-state index is 13.2. The van der Waals surface area contributed by atoms with E-state index in [1.54, 1.807) is 42.5 Å². The molecule has 0 radical (unpaired) electrons. The second-order valence-electron chi connectivity index (χ2n) is 7.41. The number of fused-ring (bicyclic) bond motifs is 1. The molecule has 0 aliphatic carbocycles. The van der Waals surface area contributed by atoms with E-state index in [-0.39, 0.29) is 31.1 Å². The molecule has 0 fully saturated rings. The lowest BCUT2D eigenvalue weighted by Gasteiger charge is -2.13. The van der Waals surface area contributed by atoms with E-state index in [0.717, 1.165) is 5.56 Å². The summed E-state index contributed by atoms with van der Waals surface area (Å²) in [5.41, 5.74) is 7.40. The number of aryl methyl sites for hydroxylation is 1. The Bertz CT molecular complexity index is 1460. The van der Waals surface area contributed by atoms with Gasteiger partial charge in [0.25, 0.3) is 0 Å². The molecule has 4 rings (SSSR count). The predicted octanol–water partition coefficient (Wildman–Crippen LogP) is 5.49. The van der Waals surface area contributed by atoms with Gasteiger partial charge in [-0.2, -0.15) is 0 Å². The summed E-state index contributed by atoms with van der Waals surface area (Å²) in [6.07, 6.45) is 1.44. The minimum atomic E-state index is -3.78. The lowest BCUT2D eigenvalue weighted by Crippen LogP contribution is -2.20. The van der Waals surface area contributed by atoms with E-state index in [1.165, 1.54) is 18.3 Å².